The predicted octanol–water partition coefficient (Wildman–Crippen LogP) is 3.54. The fourth-order valence-corrected chi connectivity index (χ4v) is 2.22. The fraction of sp³-hybridized carbons (Fsp3) is 0.462. The molecular formula is C13H17BrClNO2. The van der Waals surface area contributed by atoms with E-state index in [2.05, 4.69) is 21.2 Å². The van der Waals surface area contributed by atoms with Crippen molar-refractivity contribution in [1.29, 1.82) is 0 Å². The van der Waals surface area contributed by atoms with E-state index in [1.165, 1.54) is 0 Å². The standard InChI is InChI=1S/C13H17BrClNO2/c1-2-18-13(17)4-3-7-16-9-10-5-6-11(14)8-12(10)15/h5-6,8,16H,2-4,7,9H2,1H3. The third kappa shape index (κ3) is 5.85. The second-order valence-electron chi connectivity index (χ2n) is 3.82. The number of rotatable bonds is 7. The van der Waals surface area contributed by atoms with Crippen molar-refractivity contribution in [1.82, 2.24) is 5.32 Å². The van der Waals surface area contributed by atoms with Gasteiger partial charge in [-0.15, -0.1) is 0 Å². The van der Waals surface area contributed by atoms with E-state index in [1.807, 2.05) is 25.1 Å². The molecule has 0 bridgehead atoms. The largest absolute Gasteiger partial charge is 0.466 e. The molecule has 0 aliphatic carbocycles. The van der Waals surface area contributed by atoms with E-state index in [0.717, 1.165) is 28.0 Å². The maximum atomic E-state index is 11.1. The van der Waals surface area contributed by atoms with Crippen molar-refractivity contribution < 1.29 is 9.53 Å². The van der Waals surface area contributed by atoms with E-state index in [-0.39, 0.29) is 5.97 Å². The zero-order valence-corrected chi connectivity index (χ0v) is 12.7. The molecule has 5 heteroatoms. The monoisotopic (exact) mass is 333 g/mol. The third-order valence-electron chi connectivity index (χ3n) is 2.37. The minimum absolute atomic E-state index is 0.138. The molecule has 0 amide bonds. The van der Waals surface area contributed by atoms with Gasteiger partial charge in [0, 0.05) is 22.5 Å². The highest BCUT2D eigenvalue weighted by Crippen LogP contribution is 2.21. The van der Waals surface area contributed by atoms with Gasteiger partial charge in [0.25, 0.3) is 0 Å². The van der Waals surface area contributed by atoms with Crippen LogP contribution in [0.25, 0.3) is 0 Å². The summed E-state index contributed by atoms with van der Waals surface area (Å²) in [6.07, 6.45) is 1.22. The Morgan fingerprint density at radius 3 is 2.94 bits per heavy atom. The lowest BCUT2D eigenvalue weighted by atomic mass is 10.2. The molecule has 0 atom stereocenters. The van der Waals surface area contributed by atoms with Gasteiger partial charge in [-0.2, -0.15) is 0 Å². The van der Waals surface area contributed by atoms with Crippen LogP contribution in [-0.4, -0.2) is 19.1 Å². The average Bonchev–Trinajstić information content (AvgIpc) is 2.31. The summed E-state index contributed by atoms with van der Waals surface area (Å²) in [6.45, 7) is 3.73. The number of halogens is 2. The molecule has 3 nitrogen and oxygen atoms in total. The molecule has 1 aromatic rings. The maximum Gasteiger partial charge on any atom is 0.305 e. The van der Waals surface area contributed by atoms with Gasteiger partial charge < -0.3 is 10.1 Å². The van der Waals surface area contributed by atoms with Crippen LogP contribution in [0.1, 0.15) is 25.3 Å². The lowest BCUT2D eigenvalue weighted by Gasteiger charge is -2.07. The van der Waals surface area contributed by atoms with Crippen LogP contribution >= 0.6 is 27.5 Å². The number of ether oxygens (including phenoxy) is 1. The van der Waals surface area contributed by atoms with E-state index < -0.39 is 0 Å². The summed E-state index contributed by atoms with van der Waals surface area (Å²) in [5.74, 6) is -0.138. The summed E-state index contributed by atoms with van der Waals surface area (Å²) >= 11 is 9.45. The second kappa shape index (κ2) is 8.51. The van der Waals surface area contributed by atoms with E-state index in [1.54, 1.807) is 0 Å². The highest BCUT2D eigenvalue weighted by Gasteiger charge is 2.02. The highest BCUT2D eigenvalue weighted by atomic mass is 79.9. The molecule has 18 heavy (non-hydrogen) atoms. The number of hydrogen-bond donors (Lipinski definition) is 1. The topological polar surface area (TPSA) is 38.3 Å². The van der Waals surface area contributed by atoms with Crippen molar-refractivity contribution in [3.63, 3.8) is 0 Å². The van der Waals surface area contributed by atoms with Crippen LogP contribution in [-0.2, 0) is 16.1 Å². The minimum atomic E-state index is -0.138. The molecule has 0 aromatic heterocycles. The van der Waals surface area contributed by atoms with Gasteiger partial charge in [-0.3, -0.25) is 4.79 Å². The van der Waals surface area contributed by atoms with Gasteiger partial charge in [-0.1, -0.05) is 33.6 Å². The first-order valence-electron chi connectivity index (χ1n) is 5.93. The van der Waals surface area contributed by atoms with Crippen molar-refractivity contribution in [3.05, 3.63) is 33.3 Å². The number of nitrogens with one attached hydrogen (secondary N) is 1. The molecule has 0 saturated heterocycles. The van der Waals surface area contributed by atoms with Gasteiger partial charge in [-0.25, -0.2) is 0 Å². The van der Waals surface area contributed by atoms with Crippen LogP contribution < -0.4 is 5.32 Å². The Hall–Kier alpha value is -0.580. The quantitative estimate of drug-likeness (QED) is 0.612. The van der Waals surface area contributed by atoms with Crippen molar-refractivity contribution in [3.8, 4) is 0 Å². The van der Waals surface area contributed by atoms with Crippen LogP contribution in [0, 0.1) is 0 Å². The minimum Gasteiger partial charge on any atom is -0.466 e. The predicted molar refractivity (Wildman–Crippen MR) is 76.7 cm³/mol. The Bertz CT molecular complexity index is 399. The van der Waals surface area contributed by atoms with Gasteiger partial charge >= 0.3 is 5.97 Å². The molecule has 0 heterocycles. The zero-order chi connectivity index (χ0) is 13.4. The third-order valence-corrected chi connectivity index (χ3v) is 3.22. The van der Waals surface area contributed by atoms with Gasteiger partial charge in [0.05, 0.1) is 6.61 Å². The van der Waals surface area contributed by atoms with Crippen molar-refractivity contribution >= 4 is 33.5 Å². The van der Waals surface area contributed by atoms with E-state index in [0.29, 0.717) is 19.6 Å². The summed E-state index contributed by atoms with van der Waals surface area (Å²) in [5, 5.41) is 3.99. The van der Waals surface area contributed by atoms with Crippen LogP contribution in [0.2, 0.25) is 5.02 Å². The highest BCUT2D eigenvalue weighted by molar-refractivity contribution is 9.10. The Labute approximate surface area is 121 Å². The molecule has 1 rings (SSSR count). The first-order valence-corrected chi connectivity index (χ1v) is 7.11. The lowest BCUT2D eigenvalue weighted by Crippen LogP contribution is -2.16. The number of carbonyl (C=O) groups is 1. The lowest BCUT2D eigenvalue weighted by molar-refractivity contribution is -0.143. The Balaban J connectivity index is 2.20. The second-order valence-corrected chi connectivity index (χ2v) is 5.14. The van der Waals surface area contributed by atoms with Crippen molar-refractivity contribution in [2.45, 2.75) is 26.3 Å². The number of benzene rings is 1. The molecular weight excluding hydrogens is 318 g/mol. The fourth-order valence-electron chi connectivity index (χ4n) is 1.48. The zero-order valence-electron chi connectivity index (χ0n) is 10.3. The van der Waals surface area contributed by atoms with E-state index in [4.69, 9.17) is 16.3 Å². The Morgan fingerprint density at radius 2 is 2.28 bits per heavy atom. The van der Waals surface area contributed by atoms with Crippen LogP contribution in [0.3, 0.4) is 0 Å². The summed E-state index contributed by atoms with van der Waals surface area (Å²) in [5.41, 5.74) is 1.05. The molecule has 1 N–H and O–H groups in total. The van der Waals surface area contributed by atoms with Crippen LogP contribution in [0.5, 0.6) is 0 Å². The Morgan fingerprint density at radius 1 is 1.50 bits per heavy atom. The van der Waals surface area contributed by atoms with Gasteiger partial charge in [0.2, 0.25) is 0 Å². The van der Waals surface area contributed by atoms with Crippen molar-refractivity contribution in [2.75, 3.05) is 13.2 Å². The SMILES string of the molecule is CCOC(=O)CCCNCc1ccc(Br)cc1Cl. The molecule has 0 aliphatic heterocycles. The van der Waals surface area contributed by atoms with Gasteiger partial charge in [0.15, 0.2) is 0 Å². The molecule has 1 aromatic carbocycles. The molecule has 0 fully saturated rings. The number of hydrogen-bond acceptors (Lipinski definition) is 3. The van der Waals surface area contributed by atoms with E-state index in [9.17, 15) is 4.79 Å². The summed E-state index contributed by atoms with van der Waals surface area (Å²) < 4.78 is 5.82. The molecule has 0 unspecified atom stereocenters. The van der Waals surface area contributed by atoms with Crippen molar-refractivity contribution in [2.24, 2.45) is 0 Å². The first-order chi connectivity index (χ1) is 8.63. The summed E-state index contributed by atoms with van der Waals surface area (Å²) in [6, 6.07) is 5.81. The molecule has 0 radical (unpaired) electrons. The molecule has 0 saturated carbocycles. The van der Waals surface area contributed by atoms with Crippen LogP contribution in [0.15, 0.2) is 22.7 Å². The normalized spacial score (nSPS) is 10.4. The number of esters is 1. The number of carbonyl (C=O) groups excluding carboxylic acids is 1. The Kier molecular flexibility index (Phi) is 7.32. The molecule has 0 aliphatic rings. The summed E-state index contributed by atoms with van der Waals surface area (Å²) in [7, 11) is 0. The maximum absolute atomic E-state index is 11.1. The van der Waals surface area contributed by atoms with Crippen LogP contribution in [0.4, 0.5) is 0 Å². The molecule has 100 valence electrons. The average molecular weight is 335 g/mol. The summed E-state index contributed by atoms with van der Waals surface area (Å²) in [4.78, 5) is 11.1. The molecule has 0 spiro atoms. The smallest absolute Gasteiger partial charge is 0.305 e. The van der Waals surface area contributed by atoms with Gasteiger partial charge in [-0.05, 0) is 37.6 Å². The van der Waals surface area contributed by atoms with E-state index >= 15 is 0 Å². The van der Waals surface area contributed by atoms with Gasteiger partial charge in [0.1, 0.15) is 0 Å². The first kappa shape index (κ1) is 15.5.